The highest BCUT2D eigenvalue weighted by Gasteiger charge is 2.08. The van der Waals surface area contributed by atoms with Gasteiger partial charge in [-0.3, -0.25) is 9.36 Å². The van der Waals surface area contributed by atoms with Gasteiger partial charge in [-0.2, -0.15) is 0 Å². The molecule has 0 aliphatic carbocycles. The number of hydrogen-bond donors (Lipinski definition) is 1. The molecule has 0 atom stereocenters. The second kappa shape index (κ2) is 3.67. The molecule has 5 nitrogen and oxygen atoms in total. The number of nitrogen functional groups attached to an aromatic ring is 1. The Morgan fingerprint density at radius 3 is 2.88 bits per heavy atom. The molecule has 17 heavy (non-hydrogen) atoms. The maximum atomic E-state index is 12.2. The van der Waals surface area contributed by atoms with Gasteiger partial charge in [-0.15, -0.1) is 5.10 Å². The van der Waals surface area contributed by atoms with Crippen LogP contribution in [0, 0.1) is 0 Å². The third-order valence-corrected chi connectivity index (χ3v) is 3.23. The van der Waals surface area contributed by atoms with Crippen LogP contribution >= 0.6 is 11.5 Å². The average Bonchev–Trinajstić information content (AvgIpc) is 2.80. The maximum absolute atomic E-state index is 12.2. The smallest absolute Gasteiger partial charge is 0.276 e. The van der Waals surface area contributed by atoms with E-state index >= 15 is 0 Å². The Morgan fingerprint density at radius 2 is 2.06 bits per heavy atom. The Bertz CT molecular complexity index is 746. The van der Waals surface area contributed by atoms with Crippen LogP contribution in [-0.4, -0.2) is 14.2 Å². The maximum Gasteiger partial charge on any atom is 0.276 e. The molecule has 6 heteroatoms. The fraction of sp³-hybridized carbons (Fsp3) is 0. The van der Waals surface area contributed by atoms with Gasteiger partial charge < -0.3 is 5.73 Å². The first-order chi connectivity index (χ1) is 8.27. The average molecular weight is 244 g/mol. The van der Waals surface area contributed by atoms with Crippen molar-refractivity contribution in [2.45, 2.75) is 0 Å². The van der Waals surface area contributed by atoms with Gasteiger partial charge in [-0.05, 0) is 29.7 Å². The standard InChI is InChI=1S/C11H8N4OS/c12-7-3-1-2-4-9(7)15-6-5-8-10(11(15)16)17-14-13-8/h1-6H,12H2. The van der Waals surface area contributed by atoms with Gasteiger partial charge in [-0.25, -0.2) is 0 Å². The minimum atomic E-state index is -0.143. The van der Waals surface area contributed by atoms with Gasteiger partial charge >= 0.3 is 0 Å². The van der Waals surface area contributed by atoms with Gasteiger partial charge in [0.05, 0.1) is 11.4 Å². The lowest BCUT2D eigenvalue weighted by atomic mass is 10.2. The number of para-hydroxylation sites is 2. The summed E-state index contributed by atoms with van der Waals surface area (Å²) in [6.07, 6.45) is 1.66. The highest BCUT2D eigenvalue weighted by atomic mass is 32.1. The van der Waals surface area contributed by atoms with Crippen molar-refractivity contribution in [3.63, 3.8) is 0 Å². The highest BCUT2D eigenvalue weighted by Crippen LogP contribution is 2.17. The first-order valence-corrected chi connectivity index (χ1v) is 5.73. The molecule has 0 spiro atoms. The third kappa shape index (κ3) is 1.50. The second-order valence-electron chi connectivity index (χ2n) is 3.54. The van der Waals surface area contributed by atoms with Gasteiger partial charge in [0.25, 0.3) is 5.56 Å². The minimum absolute atomic E-state index is 0.143. The van der Waals surface area contributed by atoms with Crippen molar-refractivity contribution in [3.05, 3.63) is 46.9 Å². The van der Waals surface area contributed by atoms with E-state index in [1.807, 2.05) is 12.1 Å². The third-order valence-electron chi connectivity index (χ3n) is 2.50. The predicted octanol–water partition coefficient (Wildman–Crippen LogP) is 1.42. The molecular weight excluding hydrogens is 236 g/mol. The number of fused-ring (bicyclic) bond motifs is 1. The van der Waals surface area contributed by atoms with Crippen LogP contribution in [0.3, 0.4) is 0 Å². The Morgan fingerprint density at radius 1 is 1.24 bits per heavy atom. The van der Waals surface area contributed by atoms with Crippen molar-refractivity contribution in [1.29, 1.82) is 0 Å². The zero-order chi connectivity index (χ0) is 11.8. The Kier molecular flexibility index (Phi) is 2.15. The lowest BCUT2D eigenvalue weighted by molar-refractivity contribution is 1.01. The lowest BCUT2D eigenvalue weighted by Crippen LogP contribution is -2.17. The van der Waals surface area contributed by atoms with E-state index in [1.54, 1.807) is 24.4 Å². The molecule has 0 unspecified atom stereocenters. The summed E-state index contributed by atoms with van der Waals surface area (Å²) in [6.45, 7) is 0. The molecule has 3 rings (SSSR count). The van der Waals surface area contributed by atoms with E-state index < -0.39 is 0 Å². The Balaban J connectivity index is 2.35. The Labute approximate surface area is 100 Å². The number of nitrogens with zero attached hydrogens (tertiary/aromatic N) is 3. The topological polar surface area (TPSA) is 73.8 Å². The van der Waals surface area contributed by atoms with Gasteiger partial charge in [0.1, 0.15) is 10.2 Å². The molecule has 0 aliphatic rings. The number of aromatic nitrogens is 3. The Hall–Kier alpha value is -2.21. The zero-order valence-corrected chi connectivity index (χ0v) is 9.52. The molecule has 84 valence electrons. The van der Waals surface area contributed by atoms with Gasteiger partial charge in [-0.1, -0.05) is 16.6 Å². The van der Waals surface area contributed by atoms with Crippen molar-refractivity contribution in [2.75, 3.05) is 5.73 Å². The molecule has 0 amide bonds. The van der Waals surface area contributed by atoms with Crippen molar-refractivity contribution in [2.24, 2.45) is 0 Å². The van der Waals surface area contributed by atoms with E-state index in [4.69, 9.17) is 5.73 Å². The van der Waals surface area contributed by atoms with E-state index in [2.05, 4.69) is 9.59 Å². The number of hydrogen-bond acceptors (Lipinski definition) is 5. The van der Waals surface area contributed by atoms with E-state index in [0.717, 1.165) is 11.5 Å². The summed E-state index contributed by atoms with van der Waals surface area (Å²) < 4.78 is 5.82. The van der Waals surface area contributed by atoms with Crippen molar-refractivity contribution >= 4 is 27.4 Å². The molecule has 1 aromatic carbocycles. The van der Waals surface area contributed by atoms with Gasteiger partial charge in [0, 0.05) is 6.20 Å². The van der Waals surface area contributed by atoms with E-state index in [0.29, 0.717) is 21.6 Å². The quantitative estimate of drug-likeness (QED) is 0.657. The van der Waals surface area contributed by atoms with Crippen LogP contribution in [0.1, 0.15) is 0 Å². The van der Waals surface area contributed by atoms with Crippen molar-refractivity contribution in [1.82, 2.24) is 14.2 Å². The number of anilines is 1. The molecule has 0 aliphatic heterocycles. The van der Waals surface area contributed by atoms with E-state index in [-0.39, 0.29) is 5.56 Å². The minimum Gasteiger partial charge on any atom is -0.397 e. The van der Waals surface area contributed by atoms with E-state index in [9.17, 15) is 4.79 Å². The summed E-state index contributed by atoms with van der Waals surface area (Å²) in [5.74, 6) is 0. The highest BCUT2D eigenvalue weighted by molar-refractivity contribution is 7.12. The summed E-state index contributed by atoms with van der Waals surface area (Å²) in [7, 11) is 0. The van der Waals surface area contributed by atoms with Crippen molar-refractivity contribution in [3.8, 4) is 5.69 Å². The largest absolute Gasteiger partial charge is 0.397 e. The first-order valence-electron chi connectivity index (χ1n) is 4.96. The van der Waals surface area contributed by atoms with Crippen LogP contribution < -0.4 is 11.3 Å². The summed E-state index contributed by atoms with van der Waals surface area (Å²) in [6, 6.07) is 8.99. The molecule has 0 saturated heterocycles. The van der Waals surface area contributed by atoms with Crippen LogP contribution in [0.4, 0.5) is 5.69 Å². The summed E-state index contributed by atoms with van der Waals surface area (Å²) in [4.78, 5) is 12.2. The monoisotopic (exact) mass is 244 g/mol. The molecule has 2 heterocycles. The summed E-state index contributed by atoms with van der Waals surface area (Å²) >= 11 is 1.09. The number of benzene rings is 1. The lowest BCUT2D eigenvalue weighted by Gasteiger charge is -2.07. The van der Waals surface area contributed by atoms with E-state index in [1.165, 1.54) is 4.57 Å². The van der Waals surface area contributed by atoms with Crippen LogP contribution in [-0.2, 0) is 0 Å². The predicted molar refractivity (Wildman–Crippen MR) is 67.4 cm³/mol. The SMILES string of the molecule is Nc1ccccc1-n1ccc2nnsc2c1=O. The zero-order valence-electron chi connectivity index (χ0n) is 8.70. The van der Waals surface area contributed by atoms with Gasteiger partial charge in [0.15, 0.2) is 0 Å². The number of pyridine rings is 1. The van der Waals surface area contributed by atoms with Crippen LogP contribution in [0.25, 0.3) is 15.9 Å². The first kappa shape index (κ1) is 9.98. The summed E-state index contributed by atoms with van der Waals surface area (Å²) in [5.41, 5.74) is 7.56. The molecule has 2 N–H and O–H groups in total. The normalized spacial score (nSPS) is 10.8. The molecule has 0 fully saturated rings. The molecule has 0 bridgehead atoms. The fourth-order valence-electron chi connectivity index (χ4n) is 1.67. The molecule has 0 saturated carbocycles. The van der Waals surface area contributed by atoms with Crippen LogP contribution in [0.5, 0.6) is 0 Å². The second-order valence-corrected chi connectivity index (χ2v) is 4.29. The molecule has 0 radical (unpaired) electrons. The molecule has 2 aromatic heterocycles. The molecule has 3 aromatic rings. The van der Waals surface area contributed by atoms with Crippen LogP contribution in [0.15, 0.2) is 41.3 Å². The van der Waals surface area contributed by atoms with Crippen LogP contribution in [0.2, 0.25) is 0 Å². The van der Waals surface area contributed by atoms with Gasteiger partial charge in [0.2, 0.25) is 0 Å². The number of nitrogens with two attached hydrogens (primary N) is 1. The fourth-order valence-corrected chi connectivity index (χ4v) is 2.26. The molecular formula is C11H8N4OS. The number of rotatable bonds is 1. The summed E-state index contributed by atoms with van der Waals surface area (Å²) in [5, 5.41) is 3.86. The van der Waals surface area contributed by atoms with Crippen molar-refractivity contribution < 1.29 is 0 Å².